The molecule has 1 saturated heterocycles. The smallest absolute Gasteiger partial charge is 0.128 e. The molecule has 0 amide bonds. The van der Waals surface area contributed by atoms with Crippen molar-refractivity contribution in [1.29, 1.82) is 5.41 Å². The molecule has 4 heteroatoms. The van der Waals surface area contributed by atoms with Gasteiger partial charge in [0.25, 0.3) is 0 Å². The molecule has 3 unspecified atom stereocenters. The van der Waals surface area contributed by atoms with Crippen molar-refractivity contribution in [3.8, 4) is 0 Å². The Morgan fingerprint density at radius 3 is 2.54 bits per heavy atom. The summed E-state index contributed by atoms with van der Waals surface area (Å²) in [5.74, 6) is 2.35. The second kappa shape index (κ2) is 13.6. The minimum Gasteiger partial charge on any atom is -0.398 e. The topological polar surface area (TPSA) is 49.9 Å². The fraction of sp³-hybridized carbons (Fsp3) is 0.581. The zero-order chi connectivity index (χ0) is 25.3. The van der Waals surface area contributed by atoms with E-state index in [1.54, 1.807) is 0 Å². The molecule has 3 rings (SSSR count). The van der Waals surface area contributed by atoms with Crippen LogP contribution in [0.4, 0.5) is 5.69 Å². The molecule has 0 aliphatic carbocycles. The summed E-state index contributed by atoms with van der Waals surface area (Å²) in [7, 11) is 2.73. The Kier molecular flexibility index (Phi) is 10.8. The third kappa shape index (κ3) is 8.17. The van der Waals surface area contributed by atoms with Crippen molar-refractivity contribution in [3.63, 3.8) is 0 Å². The number of hydrogen-bond acceptors (Lipinski definition) is 3. The Morgan fingerprint density at radius 2 is 1.89 bits per heavy atom. The molecule has 3 atom stereocenters. The number of nitrogens with one attached hydrogen (secondary N) is 1. The molecule has 2 nitrogen and oxygen atoms in total. The lowest BCUT2D eigenvalue weighted by Crippen LogP contribution is -2.36. The number of benzene rings is 2. The van der Waals surface area contributed by atoms with Crippen molar-refractivity contribution in [1.82, 2.24) is 0 Å². The first-order valence-electron chi connectivity index (χ1n) is 13.8. The quantitative estimate of drug-likeness (QED) is 0.128. The van der Waals surface area contributed by atoms with E-state index in [0.29, 0.717) is 17.0 Å². The molecule has 1 heterocycles. The van der Waals surface area contributed by atoms with Gasteiger partial charge in [-0.3, -0.25) is 0 Å². The summed E-state index contributed by atoms with van der Waals surface area (Å²) in [6.07, 6.45) is 10.4. The Labute approximate surface area is 220 Å². The van der Waals surface area contributed by atoms with Crippen LogP contribution in [0.25, 0.3) is 0 Å². The summed E-state index contributed by atoms with van der Waals surface area (Å²) in [4.78, 5) is 0. The molecule has 1 radical (unpaired) electrons. The van der Waals surface area contributed by atoms with E-state index < -0.39 is 0 Å². The highest BCUT2D eigenvalue weighted by atomic mass is 32.2. The molecule has 0 bridgehead atoms. The second-order valence-corrected chi connectivity index (χ2v) is 12.6. The minimum atomic E-state index is 0.325. The van der Waals surface area contributed by atoms with E-state index in [-0.39, 0.29) is 0 Å². The van der Waals surface area contributed by atoms with Gasteiger partial charge in [0.05, 0.1) is 0 Å². The monoisotopic (exact) mass is 489 g/mol. The predicted molar refractivity (Wildman–Crippen MR) is 158 cm³/mol. The van der Waals surface area contributed by atoms with Gasteiger partial charge < -0.3 is 11.1 Å². The lowest BCUT2D eigenvalue weighted by molar-refractivity contribution is 0.381. The summed E-state index contributed by atoms with van der Waals surface area (Å²) in [5.41, 5.74) is 11.6. The Bertz CT molecular complexity index is 929. The number of thioether (sulfide) groups is 1. The maximum atomic E-state index is 8.66. The van der Waals surface area contributed by atoms with Crippen LogP contribution < -0.4 is 5.73 Å². The fourth-order valence-electron chi connectivity index (χ4n) is 6.00. The number of nitrogen functional groups attached to an aromatic ring is 1. The summed E-state index contributed by atoms with van der Waals surface area (Å²) in [5, 5.41) is 9.72. The minimum absolute atomic E-state index is 0.325. The zero-order valence-electron chi connectivity index (χ0n) is 22.5. The van der Waals surface area contributed by atoms with Crippen molar-refractivity contribution in [2.24, 2.45) is 5.92 Å². The van der Waals surface area contributed by atoms with Crippen LogP contribution in [0, 0.1) is 11.3 Å². The molecule has 0 saturated carbocycles. The van der Waals surface area contributed by atoms with Crippen LogP contribution in [0.1, 0.15) is 102 Å². The summed E-state index contributed by atoms with van der Waals surface area (Å²) in [6.45, 7) is 9.08. The standard InChI is InChI=1S/C31H46BN2S/c1-5-17-31(22-27(35-6-2)21-28(32-31)24-12-8-7-9-13-24)18-11-10-14-29(33)26-16-15-25(19-23(3)4)30(34)20-26/h7-9,12-13,15-16,20,23,27-28,33H,5-6,10-11,14,17-19,21-22,34H2,1-4H3. The maximum absolute atomic E-state index is 8.66. The van der Waals surface area contributed by atoms with Gasteiger partial charge in [-0.1, -0.05) is 107 Å². The summed E-state index contributed by atoms with van der Waals surface area (Å²) >= 11 is 2.16. The van der Waals surface area contributed by atoms with Crippen molar-refractivity contribution < 1.29 is 0 Å². The van der Waals surface area contributed by atoms with Gasteiger partial charge in [0.15, 0.2) is 0 Å². The Hall–Kier alpha value is -1.68. The van der Waals surface area contributed by atoms with Gasteiger partial charge in [0.2, 0.25) is 0 Å². The van der Waals surface area contributed by atoms with Crippen LogP contribution in [-0.4, -0.2) is 24.0 Å². The molecule has 0 spiro atoms. The van der Waals surface area contributed by atoms with Crippen molar-refractivity contribution >= 4 is 30.4 Å². The van der Waals surface area contributed by atoms with Crippen molar-refractivity contribution in [2.75, 3.05) is 11.5 Å². The van der Waals surface area contributed by atoms with Gasteiger partial charge in [-0.05, 0) is 66.8 Å². The van der Waals surface area contributed by atoms with E-state index in [1.807, 2.05) is 6.07 Å². The highest BCUT2D eigenvalue weighted by Gasteiger charge is 2.40. The first-order valence-corrected chi connectivity index (χ1v) is 14.9. The highest BCUT2D eigenvalue weighted by Crippen LogP contribution is 2.52. The average Bonchev–Trinajstić information content (AvgIpc) is 2.83. The highest BCUT2D eigenvalue weighted by molar-refractivity contribution is 7.99. The summed E-state index contributed by atoms with van der Waals surface area (Å²) < 4.78 is 0. The lowest BCUT2D eigenvalue weighted by atomic mass is 9.37. The third-order valence-corrected chi connectivity index (χ3v) is 8.72. The molecule has 1 aliphatic heterocycles. The molecule has 1 fully saturated rings. The molecule has 3 N–H and O–H groups in total. The SMILES string of the molecule is CCCC1(CCCCC(=N)c2ccc(CC(C)C)c(N)c2)[B]C(c2ccccc2)CC(SCC)C1. The average molecular weight is 490 g/mol. The lowest BCUT2D eigenvalue weighted by Gasteiger charge is -2.45. The number of anilines is 1. The predicted octanol–water partition coefficient (Wildman–Crippen LogP) is 8.72. The van der Waals surface area contributed by atoms with Gasteiger partial charge in [-0.25, -0.2) is 0 Å². The molecule has 189 valence electrons. The van der Waals surface area contributed by atoms with E-state index in [1.165, 1.54) is 55.4 Å². The van der Waals surface area contributed by atoms with Gasteiger partial charge in [0, 0.05) is 16.6 Å². The van der Waals surface area contributed by atoms with Crippen LogP contribution in [0.15, 0.2) is 48.5 Å². The molecule has 0 aromatic heterocycles. The van der Waals surface area contributed by atoms with E-state index in [2.05, 4.69) is 89.2 Å². The van der Waals surface area contributed by atoms with Gasteiger partial charge in [-0.15, -0.1) is 0 Å². The van der Waals surface area contributed by atoms with Crippen molar-refractivity contribution in [2.45, 2.75) is 102 Å². The fourth-order valence-corrected chi connectivity index (χ4v) is 7.27. The maximum Gasteiger partial charge on any atom is 0.128 e. The van der Waals surface area contributed by atoms with Crippen molar-refractivity contribution in [3.05, 3.63) is 65.2 Å². The van der Waals surface area contributed by atoms with E-state index >= 15 is 0 Å². The number of unbranched alkanes of at least 4 members (excludes halogenated alkanes) is 1. The van der Waals surface area contributed by atoms with Gasteiger partial charge >= 0.3 is 0 Å². The third-order valence-electron chi connectivity index (χ3n) is 7.56. The van der Waals surface area contributed by atoms with Crippen LogP contribution >= 0.6 is 11.8 Å². The molecule has 2 aromatic rings. The number of hydrogen-bond donors (Lipinski definition) is 2. The van der Waals surface area contributed by atoms with Crippen LogP contribution in [0.3, 0.4) is 0 Å². The van der Waals surface area contributed by atoms with Crippen LogP contribution in [-0.2, 0) is 6.42 Å². The summed E-state index contributed by atoms with van der Waals surface area (Å²) in [6, 6.07) is 17.4. The molecule has 35 heavy (non-hydrogen) atoms. The second-order valence-electron chi connectivity index (χ2n) is 11.0. The largest absolute Gasteiger partial charge is 0.398 e. The Morgan fingerprint density at radius 1 is 1.11 bits per heavy atom. The molecular formula is C31H46BN2S. The first kappa shape index (κ1) is 27.9. The molecular weight excluding hydrogens is 443 g/mol. The van der Waals surface area contributed by atoms with Crippen LogP contribution in [0.5, 0.6) is 0 Å². The van der Waals surface area contributed by atoms with Gasteiger partial charge in [0.1, 0.15) is 7.28 Å². The first-order chi connectivity index (χ1) is 16.9. The Balaban J connectivity index is 1.61. The van der Waals surface area contributed by atoms with Gasteiger partial charge in [-0.2, -0.15) is 11.8 Å². The number of nitrogens with two attached hydrogens (primary N) is 1. The number of rotatable bonds is 13. The zero-order valence-corrected chi connectivity index (χ0v) is 23.3. The van der Waals surface area contributed by atoms with E-state index in [4.69, 9.17) is 11.1 Å². The van der Waals surface area contributed by atoms with Crippen LogP contribution in [0.2, 0.25) is 5.31 Å². The molecule has 2 aromatic carbocycles. The molecule has 1 aliphatic rings. The van der Waals surface area contributed by atoms with E-state index in [9.17, 15) is 0 Å². The normalized spacial score (nSPS) is 22.2. The van der Waals surface area contributed by atoms with E-state index in [0.717, 1.165) is 41.5 Å².